The summed E-state index contributed by atoms with van der Waals surface area (Å²) in [6.45, 7) is 4.67. The second-order valence-electron chi connectivity index (χ2n) is 11.4. The van der Waals surface area contributed by atoms with Gasteiger partial charge in [0.15, 0.2) is 0 Å². The van der Waals surface area contributed by atoms with Gasteiger partial charge in [0.25, 0.3) is 15.9 Å². The Balaban J connectivity index is 1.43. The Morgan fingerprint density at radius 3 is 2.18 bits per heavy atom. The summed E-state index contributed by atoms with van der Waals surface area (Å²) >= 11 is 0. The minimum absolute atomic E-state index is 0.0260. The van der Waals surface area contributed by atoms with Crippen LogP contribution in [-0.2, 0) is 35.7 Å². The monoisotopic (exact) mass is 699 g/mol. The molecule has 1 aliphatic heterocycles. The van der Waals surface area contributed by atoms with Gasteiger partial charge in [-0.05, 0) is 54.4 Å². The Morgan fingerprint density at radius 1 is 0.898 bits per heavy atom. The molecule has 1 aliphatic rings. The Morgan fingerprint density at radius 2 is 1.55 bits per heavy atom. The van der Waals surface area contributed by atoms with E-state index in [-0.39, 0.29) is 37.7 Å². The van der Waals surface area contributed by atoms with Crippen LogP contribution in [0.4, 0.5) is 4.79 Å². The highest BCUT2D eigenvalue weighted by Gasteiger charge is 2.37. The van der Waals surface area contributed by atoms with Gasteiger partial charge in [-0.1, -0.05) is 59.1 Å². The topological polar surface area (TPSA) is 159 Å². The van der Waals surface area contributed by atoms with Crippen LogP contribution in [0, 0.1) is 0 Å². The summed E-state index contributed by atoms with van der Waals surface area (Å²) in [7, 11) is -0.818. The summed E-state index contributed by atoms with van der Waals surface area (Å²) in [5, 5.41) is 12.1. The van der Waals surface area contributed by atoms with Crippen molar-refractivity contribution in [3.05, 3.63) is 84.4 Å². The number of hydrogen-bond donors (Lipinski definition) is 3. The Labute approximate surface area is 287 Å². The third-order valence-corrected chi connectivity index (χ3v) is 9.68. The van der Waals surface area contributed by atoms with Crippen molar-refractivity contribution >= 4 is 22.0 Å². The molecule has 2 amide bonds. The minimum atomic E-state index is -4.47. The van der Waals surface area contributed by atoms with E-state index in [0.717, 1.165) is 49.4 Å². The van der Waals surface area contributed by atoms with E-state index >= 15 is 0 Å². The first-order valence-corrected chi connectivity index (χ1v) is 17.4. The molecule has 0 saturated carbocycles. The molecule has 0 radical (unpaired) electrons. The number of hydrogen-bond acceptors (Lipinski definition) is 11. The van der Waals surface area contributed by atoms with Gasteiger partial charge in [-0.3, -0.25) is 19.7 Å². The normalized spacial score (nSPS) is 14.7. The molecule has 49 heavy (non-hydrogen) atoms. The highest BCUT2D eigenvalue weighted by Crippen LogP contribution is 2.26. The van der Waals surface area contributed by atoms with Crippen molar-refractivity contribution in [3.63, 3.8) is 0 Å². The fourth-order valence-corrected chi connectivity index (χ4v) is 6.52. The maximum absolute atomic E-state index is 14.0. The predicted molar refractivity (Wildman–Crippen MR) is 181 cm³/mol. The summed E-state index contributed by atoms with van der Waals surface area (Å²) < 4.78 is 44.7. The van der Waals surface area contributed by atoms with E-state index in [1.807, 2.05) is 30.3 Å². The number of likely N-dealkylation sites (N-methyl/N-ethyl adjacent to an activating group) is 1. The number of sulfonamides is 1. The summed E-state index contributed by atoms with van der Waals surface area (Å²) in [6, 6.07) is 20.9. The standard InChI is InChI=1S/C34H45N5O9S/c1-37-18-20-38(21-19-37)22-23-46-24-25-48-39(32(33(40)36-42)16-17-35-34(41)47-26-27-6-4-3-5-7-27)49(43,44)31-14-10-29(11-15-31)28-8-12-30(45-2)13-9-28/h3-15,32,42H,16-26H2,1-2H3,(H,35,41)(H,36,40)/t32-/m1/s1. The largest absolute Gasteiger partial charge is 0.497 e. The van der Waals surface area contributed by atoms with Gasteiger partial charge >= 0.3 is 6.09 Å². The number of nitrogens with one attached hydrogen (secondary N) is 2. The van der Waals surface area contributed by atoms with E-state index in [1.165, 1.54) is 17.6 Å². The van der Waals surface area contributed by atoms with Crippen molar-refractivity contribution in [1.29, 1.82) is 0 Å². The van der Waals surface area contributed by atoms with Crippen molar-refractivity contribution in [3.8, 4) is 16.9 Å². The number of nitrogens with zero attached hydrogens (tertiary/aromatic N) is 3. The minimum Gasteiger partial charge on any atom is -0.497 e. The molecule has 3 aromatic carbocycles. The van der Waals surface area contributed by atoms with Gasteiger partial charge < -0.3 is 24.4 Å². The van der Waals surface area contributed by atoms with Gasteiger partial charge in [0.05, 0.1) is 31.8 Å². The number of carbonyl (C=O) groups is 2. The smallest absolute Gasteiger partial charge is 0.407 e. The first kappa shape index (κ1) is 37.7. The Bertz CT molecular complexity index is 1550. The van der Waals surface area contributed by atoms with Crippen LogP contribution in [0.5, 0.6) is 5.75 Å². The maximum Gasteiger partial charge on any atom is 0.407 e. The Kier molecular flexibility index (Phi) is 14.8. The molecular formula is C34H45N5O9S. The van der Waals surface area contributed by atoms with Gasteiger partial charge in [0.1, 0.15) is 18.4 Å². The summed E-state index contributed by atoms with van der Waals surface area (Å²) in [5.41, 5.74) is 3.90. The molecule has 0 aliphatic carbocycles. The summed E-state index contributed by atoms with van der Waals surface area (Å²) in [4.78, 5) is 35.4. The molecule has 1 heterocycles. The molecule has 4 rings (SSSR count). The summed E-state index contributed by atoms with van der Waals surface area (Å²) in [6.07, 6.45) is -1.01. The lowest BCUT2D eigenvalue weighted by Crippen LogP contribution is -2.50. The molecule has 3 aromatic rings. The van der Waals surface area contributed by atoms with Crippen LogP contribution in [0.3, 0.4) is 0 Å². The first-order chi connectivity index (χ1) is 23.7. The third-order valence-electron chi connectivity index (χ3n) is 7.97. The van der Waals surface area contributed by atoms with E-state index in [1.54, 1.807) is 43.5 Å². The number of rotatable bonds is 18. The fourth-order valence-electron chi connectivity index (χ4n) is 5.08. The highest BCUT2D eigenvalue weighted by molar-refractivity contribution is 7.89. The van der Waals surface area contributed by atoms with Gasteiger partial charge in [0.2, 0.25) is 0 Å². The molecule has 0 unspecified atom stereocenters. The molecule has 266 valence electrons. The fraction of sp³-hybridized carbons (Fsp3) is 0.412. The van der Waals surface area contributed by atoms with E-state index in [0.29, 0.717) is 16.8 Å². The van der Waals surface area contributed by atoms with E-state index in [2.05, 4.69) is 22.2 Å². The van der Waals surface area contributed by atoms with Crippen molar-refractivity contribution in [2.75, 3.05) is 73.2 Å². The highest BCUT2D eigenvalue weighted by atomic mass is 32.2. The molecule has 1 saturated heterocycles. The number of hydroxylamine groups is 2. The van der Waals surface area contributed by atoms with Crippen molar-refractivity contribution < 1.29 is 42.3 Å². The van der Waals surface area contributed by atoms with Crippen LogP contribution >= 0.6 is 0 Å². The molecule has 1 atom stereocenters. The lowest BCUT2D eigenvalue weighted by atomic mass is 10.1. The van der Waals surface area contributed by atoms with E-state index in [9.17, 15) is 23.2 Å². The molecule has 1 fully saturated rings. The zero-order valence-electron chi connectivity index (χ0n) is 27.8. The lowest BCUT2D eigenvalue weighted by molar-refractivity contribution is -0.159. The second-order valence-corrected chi connectivity index (χ2v) is 13.2. The van der Waals surface area contributed by atoms with Crippen LogP contribution in [0.1, 0.15) is 12.0 Å². The number of piperazine rings is 1. The predicted octanol–water partition coefficient (Wildman–Crippen LogP) is 2.74. The van der Waals surface area contributed by atoms with Gasteiger partial charge in [-0.15, -0.1) is 0 Å². The number of ether oxygens (including phenoxy) is 3. The lowest BCUT2D eigenvalue weighted by Gasteiger charge is -2.32. The van der Waals surface area contributed by atoms with Crippen molar-refractivity contribution in [2.24, 2.45) is 0 Å². The molecule has 0 spiro atoms. The SMILES string of the molecule is COc1ccc(-c2ccc(S(=O)(=O)N(OCCOCCN3CCN(C)CC3)[C@H](CCNC(=O)OCc3ccccc3)C(=O)NO)cc2)cc1. The average molecular weight is 700 g/mol. The molecule has 3 N–H and O–H groups in total. The average Bonchev–Trinajstić information content (AvgIpc) is 3.13. The zero-order chi connectivity index (χ0) is 35.1. The van der Waals surface area contributed by atoms with Gasteiger partial charge in [-0.25, -0.2) is 18.7 Å². The molecule has 14 nitrogen and oxygen atoms in total. The zero-order valence-corrected chi connectivity index (χ0v) is 28.6. The van der Waals surface area contributed by atoms with Crippen LogP contribution in [-0.4, -0.2) is 119 Å². The third kappa shape index (κ3) is 11.5. The van der Waals surface area contributed by atoms with Crippen molar-refractivity contribution in [1.82, 2.24) is 25.1 Å². The van der Waals surface area contributed by atoms with Crippen LogP contribution in [0.15, 0.2) is 83.8 Å². The maximum atomic E-state index is 14.0. The van der Waals surface area contributed by atoms with Gasteiger partial charge in [-0.2, -0.15) is 0 Å². The van der Waals surface area contributed by atoms with Crippen molar-refractivity contribution in [2.45, 2.75) is 24.0 Å². The first-order valence-electron chi connectivity index (χ1n) is 16.0. The number of carbonyl (C=O) groups excluding carboxylic acids is 2. The van der Waals surface area contributed by atoms with E-state index in [4.69, 9.17) is 19.0 Å². The van der Waals surface area contributed by atoms with Crippen LogP contribution in [0.25, 0.3) is 11.1 Å². The molecular weight excluding hydrogens is 654 g/mol. The molecule has 0 bridgehead atoms. The number of benzene rings is 3. The number of methoxy groups -OCH3 is 1. The summed E-state index contributed by atoms with van der Waals surface area (Å²) in [5.74, 6) is -0.361. The number of alkyl carbamates (subject to hydrolysis) is 1. The van der Waals surface area contributed by atoms with Gasteiger partial charge in [0, 0.05) is 39.3 Å². The van der Waals surface area contributed by atoms with Crippen LogP contribution < -0.4 is 15.5 Å². The van der Waals surface area contributed by atoms with Crippen LogP contribution in [0.2, 0.25) is 0 Å². The Hall–Kier alpha value is -4.09. The molecule has 0 aromatic heterocycles. The molecule has 15 heteroatoms. The second kappa shape index (κ2) is 19.2. The quantitative estimate of drug-likeness (QED) is 0.102. The number of amides is 2. The van der Waals surface area contributed by atoms with E-state index < -0.39 is 28.1 Å².